The summed E-state index contributed by atoms with van der Waals surface area (Å²) < 4.78 is 4.58. The summed E-state index contributed by atoms with van der Waals surface area (Å²) in [6.45, 7) is 4.60. The van der Waals surface area contributed by atoms with E-state index in [1.54, 1.807) is 20.5 Å². The first-order valence-electron chi connectivity index (χ1n) is 9.86. The molecule has 1 aromatic carbocycles. The quantitative estimate of drug-likeness (QED) is 0.199. The van der Waals surface area contributed by atoms with E-state index in [2.05, 4.69) is 54.0 Å². The molecular formula is C22H29IS2. The molecule has 0 bridgehead atoms. The summed E-state index contributed by atoms with van der Waals surface area (Å²) in [6.07, 6.45) is 13.4. The lowest BCUT2D eigenvalue weighted by molar-refractivity contribution is 0.654. The van der Waals surface area contributed by atoms with Crippen molar-refractivity contribution in [2.75, 3.05) is 0 Å². The Morgan fingerprint density at radius 1 is 0.800 bits per heavy atom. The number of benzene rings is 1. The highest BCUT2D eigenvalue weighted by Gasteiger charge is 2.17. The number of aryl methyl sites for hydroxylation is 2. The molecule has 0 saturated carbocycles. The molecule has 0 saturated heterocycles. The average molecular weight is 485 g/mol. The second-order valence-electron chi connectivity index (χ2n) is 7.04. The van der Waals surface area contributed by atoms with Gasteiger partial charge in [-0.3, -0.25) is 0 Å². The van der Waals surface area contributed by atoms with Crippen LogP contribution in [0.4, 0.5) is 0 Å². The number of hydrogen-bond donors (Lipinski definition) is 0. The Labute approximate surface area is 174 Å². The highest BCUT2D eigenvalue weighted by molar-refractivity contribution is 14.1. The normalized spacial score (nSPS) is 11.8. The number of fused-ring (bicyclic) bond motifs is 3. The van der Waals surface area contributed by atoms with Crippen LogP contribution in [0.2, 0.25) is 0 Å². The van der Waals surface area contributed by atoms with Crippen molar-refractivity contribution in [3.63, 3.8) is 0 Å². The minimum Gasteiger partial charge on any atom is -0.143 e. The molecule has 2 heterocycles. The molecule has 0 unspecified atom stereocenters. The second-order valence-corrected chi connectivity index (χ2v) is 10.9. The Kier molecular flexibility index (Phi) is 7.62. The number of unbranched alkanes of at least 4 members (excludes halogenated alkanes) is 6. The van der Waals surface area contributed by atoms with Gasteiger partial charge in [-0.15, -0.1) is 22.7 Å². The number of hydrogen-bond acceptors (Lipinski definition) is 2. The third kappa shape index (κ3) is 4.59. The van der Waals surface area contributed by atoms with Gasteiger partial charge in [0.1, 0.15) is 0 Å². The van der Waals surface area contributed by atoms with E-state index < -0.39 is 0 Å². The zero-order valence-corrected chi connectivity index (χ0v) is 19.3. The molecule has 2 aromatic heterocycles. The van der Waals surface area contributed by atoms with Crippen LogP contribution in [-0.2, 0) is 12.8 Å². The van der Waals surface area contributed by atoms with Crippen LogP contribution in [0.25, 0.3) is 20.2 Å². The zero-order chi connectivity index (χ0) is 17.6. The van der Waals surface area contributed by atoms with Gasteiger partial charge in [0.2, 0.25) is 0 Å². The summed E-state index contributed by atoms with van der Waals surface area (Å²) in [5, 5.41) is 5.31. The van der Waals surface area contributed by atoms with E-state index in [0.29, 0.717) is 0 Å². The van der Waals surface area contributed by atoms with Gasteiger partial charge in [0.25, 0.3) is 0 Å². The van der Waals surface area contributed by atoms with Gasteiger partial charge in [0.05, 0.1) is 2.88 Å². The zero-order valence-electron chi connectivity index (χ0n) is 15.5. The summed E-state index contributed by atoms with van der Waals surface area (Å²) >= 11 is 6.48. The summed E-state index contributed by atoms with van der Waals surface area (Å²) in [5.41, 5.74) is 3.37. The fourth-order valence-corrected chi connectivity index (χ4v) is 6.78. The molecule has 0 nitrogen and oxygen atoms in total. The smallest absolute Gasteiger partial charge is 0.0666 e. The second kappa shape index (κ2) is 9.70. The predicted molar refractivity (Wildman–Crippen MR) is 126 cm³/mol. The number of thiophene rings is 2. The third-order valence-corrected chi connectivity index (χ3v) is 8.06. The Balaban J connectivity index is 1.99. The Morgan fingerprint density at radius 3 is 2.08 bits per heavy atom. The Bertz CT molecular complexity index is 812. The molecule has 3 rings (SSSR count). The molecule has 0 radical (unpaired) electrons. The largest absolute Gasteiger partial charge is 0.143 e. The first-order valence-corrected chi connectivity index (χ1v) is 12.6. The number of rotatable bonds is 10. The third-order valence-electron chi connectivity index (χ3n) is 5.13. The van der Waals surface area contributed by atoms with Crippen molar-refractivity contribution in [3.05, 3.63) is 31.5 Å². The van der Waals surface area contributed by atoms with Gasteiger partial charge in [-0.2, -0.15) is 0 Å². The number of halogens is 1. The molecule has 0 aliphatic heterocycles. The molecule has 3 aromatic rings. The monoisotopic (exact) mass is 484 g/mol. The van der Waals surface area contributed by atoms with Crippen LogP contribution in [-0.4, -0.2) is 0 Å². The molecule has 136 valence electrons. The highest BCUT2D eigenvalue weighted by Crippen LogP contribution is 2.42. The van der Waals surface area contributed by atoms with Crippen LogP contribution >= 0.6 is 45.3 Å². The Hall–Kier alpha value is -0.130. The van der Waals surface area contributed by atoms with Crippen molar-refractivity contribution in [2.45, 2.75) is 78.1 Å². The van der Waals surface area contributed by atoms with Gasteiger partial charge >= 0.3 is 0 Å². The highest BCUT2D eigenvalue weighted by atomic mass is 127. The molecule has 25 heavy (non-hydrogen) atoms. The van der Waals surface area contributed by atoms with E-state index in [9.17, 15) is 0 Å². The van der Waals surface area contributed by atoms with Crippen molar-refractivity contribution in [2.24, 2.45) is 0 Å². The van der Waals surface area contributed by atoms with Crippen molar-refractivity contribution in [1.82, 2.24) is 0 Å². The van der Waals surface area contributed by atoms with Crippen molar-refractivity contribution < 1.29 is 0 Å². The van der Waals surface area contributed by atoms with E-state index in [4.69, 9.17) is 0 Å². The van der Waals surface area contributed by atoms with Crippen LogP contribution in [0.15, 0.2) is 17.5 Å². The van der Waals surface area contributed by atoms with Crippen molar-refractivity contribution in [1.29, 1.82) is 0 Å². The molecule has 0 aliphatic rings. The van der Waals surface area contributed by atoms with Crippen LogP contribution in [0, 0.1) is 2.88 Å². The van der Waals surface area contributed by atoms with E-state index >= 15 is 0 Å². The summed E-state index contributed by atoms with van der Waals surface area (Å²) in [6, 6.07) is 4.76. The molecule has 0 N–H and O–H groups in total. The Morgan fingerprint density at radius 2 is 1.44 bits per heavy atom. The first kappa shape index (κ1) is 19.6. The standard InChI is InChI=1S/C22H29IS2/c1-3-5-7-9-11-16-17(12-10-8-6-4-2)22-19(15-20(23)25-22)18-13-14-24-21(16)18/h13-15H,3-12H2,1-2H3. The minimum absolute atomic E-state index is 1.27. The molecule has 3 heteroatoms. The maximum Gasteiger partial charge on any atom is 0.0666 e. The SMILES string of the molecule is CCCCCCc1c(CCCCCC)c2sc(I)cc2c2ccsc12. The lowest BCUT2D eigenvalue weighted by Gasteiger charge is -2.13. The summed E-state index contributed by atoms with van der Waals surface area (Å²) in [4.78, 5) is 0. The first-order chi connectivity index (χ1) is 12.3. The van der Waals surface area contributed by atoms with Gasteiger partial charge in [-0.05, 0) is 76.9 Å². The maximum absolute atomic E-state index is 2.50. The predicted octanol–water partition coefficient (Wildman–Crippen LogP) is 8.97. The fourth-order valence-electron chi connectivity index (χ4n) is 3.80. The van der Waals surface area contributed by atoms with Gasteiger partial charge in [-0.25, -0.2) is 0 Å². The molecule has 0 amide bonds. The van der Waals surface area contributed by atoms with Crippen molar-refractivity contribution >= 4 is 65.4 Å². The van der Waals surface area contributed by atoms with Gasteiger partial charge < -0.3 is 0 Å². The van der Waals surface area contributed by atoms with Crippen LogP contribution in [0.3, 0.4) is 0 Å². The summed E-state index contributed by atoms with van der Waals surface area (Å²) in [5.74, 6) is 0. The van der Waals surface area contributed by atoms with Gasteiger partial charge in [0, 0.05) is 20.2 Å². The van der Waals surface area contributed by atoms with E-state index in [0.717, 1.165) is 0 Å². The summed E-state index contributed by atoms with van der Waals surface area (Å²) in [7, 11) is 0. The fraction of sp³-hybridized carbons (Fsp3) is 0.545. The van der Waals surface area contributed by atoms with Gasteiger partial charge in [-0.1, -0.05) is 52.4 Å². The van der Waals surface area contributed by atoms with E-state index in [1.807, 2.05) is 22.7 Å². The lowest BCUT2D eigenvalue weighted by Crippen LogP contribution is -1.97. The molecule has 0 atom stereocenters. The molecule has 0 aliphatic carbocycles. The molecule has 0 fully saturated rings. The molecule has 0 spiro atoms. The lowest BCUT2D eigenvalue weighted by atomic mass is 9.94. The van der Waals surface area contributed by atoms with E-state index in [-0.39, 0.29) is 0 Å². The van der Waals surface area contributed by atoms with Crippen LogP contribution < -0.4 is 0 Å². The van der Waals surface area contributed by atoms with Crippen molar-refractivity contribution in [3.8, 4) is 0 Å². The molecular weight excluding hydrogens is 455 g/mol. The van der Waals surface area contributed by atoms with Crippen LogP contribution in [0.5, 0.6) is 0 Å². The van der Waals surface area contributed by atoms with Crippen LogP contribution in [0.1, 0.15) is 76.3 Å². The topological polar surface area (TPSA) is 0 Å². The van der Waals surface area contributed by atoms with E-state index in [1.165, 1.54) is 77.9 Å². The maximum atomic E-state index is 2.50. The minimum atomic E-state index is 1.27. The average Bonchev–Trinajstić information content (AvgIpc) is 3.22. The van der Waals surface area contributed by atoms with Gasteiger partial charge in [0.15, 0.2) is 0 Å².